The Morgan fingerprint density at radius 1 is 1.22 bits per heavy atom. The Morgan fingerprint density at radius 3 is 2.61 bits per heavy atom. The lowest BCUT2D eigenvalue weighted by Gasteiger charge is -2.27. The minimum atomic E-state index is 0.363. The Kier molecular flexibility index (Phi) is 5.17. The minimum Gasteiger partial charge on any atom is -0.330 e. The molecule has 1 aromatic carbocycles. The van der Waals surface area contributed by atoms with Crippen molar-refractivity contribution in [2.45, 2.75) is 37.8 Å². The van der Waals surface area contributed by atoms with Crippen LogP contribution < -0.4 is 11.5 Å². The Labute approximate surface area is 110 Å². The first-order valence-corrected chi connectivity index (χ1v) is 7.03. The zero-order valence-corrected chi connectivity index (χ0v) is 11.1. The van der Waals surface area contributed by atoms with Crippen LogP contribution >= 0.6 is 0 Å². The SMILES string of the molecule is NCCC(CCc1ccccc1)N1CCC(N)C1. The average Bonchev–Trinajstić information content (AvgIpc) is 2.82. The second-order valence-corrected chi connectivity index (χ2v) is 5.30. The molecule has 0 aliphatic carbocycles. The molecule has 1 aliphatic heterocycles. The zero-order valence-electron chi connectivity index (χ0n) is 11.1. The molecule has 0 saturated carbocycles. The fourth-order valence-corrected chi connectivity index (χ4v) is 2.83. The van der Waals surface area contributed by atoms with E-state index >= 15 is 0 Å². The lowest BCUT2D eigenvalue weighted by atomic mass is 10.0. The number of benzene rings is 1. The van der Waals surface area contributed by atoms with Crippen LogP contribution in [0, 0.1) is 0 Å². The van der Waals surface area contributed by atoms with Gasteiger partial charge in [-0.25, -0.2) is 0 Å². The number of nitrogens with two attached hydrogens (primary N) is 2. The number of rotatable bonds is 6. The first-order chi connectivity index (χ1) is 8.79. The highest BCUT2D eigenvalue weighted by Crippen LogP contribution is 2.18. The fourth-order valence-electron chi connectivity index (χ4n) is 2.83. The molecular weight excluding hydrogens is 222 g/mol. The molecule has 1 aromatic rings. The molecule has 0 spiro atoms. The predicted molar refractivity (Wildman–Crippen MR) is 76.4 cm³/mol. The lowest BCUT2D eigenvalue weighted by Crippen LogP contribution is -2.37. The van der Waals surface area contributed by atoms with Crippen LogP contribution in [-0.4, -0.2) is 36.6 Å². The monoisotopic (exact) mass is 247 g/mol. The van der Waals surface area contributed by atoms with Gasteiger partial charge < -0.3 is 11.5 Å². The predicted octanol–water partition coefficient (Wildman–Crippen LogP) is 1.37. The van der Waals surface area contributed by atoms with Gasteiger partial charge in [-0.05, 0) is 37.8 Å². The Hall–Kier alpha value is -0.900. The van der Waals surface area contributed by atoms with E-state index in [1.54, 1.807) is 0 Å². The smallest absolute Gasteiger partial charge is 0.0180 e. The van der Waals surface area contributed by atoms with Crippen LogP contribution in [0.3, 0.4) is 0 Å². The summed E-state index contributed by atoms with van der Waals surface area (Å²) in [6.07, 6.45) is 4.54. The summed E-state index contributed by atoms with van der Waals surface area (Å²) in [5.41, 5.74) is 13.2. The summed E-state index contributed by atoms with van der Waals surface area (Å²) in [5.74, 6) is 0. The van der Waals surface area contributed by atoms with E-state index in [9.17, 15) is 0 Å². The van der Waals surface area contributed by atoms with Gasteiger partial charge in [-0.3, -0.25) is 4.90 Å². The third-order valence-corrected chi connectivity index (χ3v) is 3.88. The van der Waals surface area contributed by atoms with Crippen molar-refractivity contribution in [2.75, 3.05) is 19.6 Å². The molecule has 1 saturated heterocycles. The van der Waals surface area contributed by atoms with Gasteiger partial charge in [-0.2, -0.15) is 0 Å². The molecule has 1 heterocycles. The number of hydrogen-bond acceptors (Lipinski definition) is 3. The fraction of sp³-hybridized carbons (Fsp3) is 0.600. The second-order valence-electron chi connectivity index (χ2n) is 5.30. The van der Waals surface area contributed by atoms with Gasteiger partial charge in [0.2, 0.25) is 0 Å². The van der Waals surface area contributed by atoms with Crippen molar-refractivity contribution in [1.82, 2.24) is 4.90 Å². The number of hydrogen-bond donors (Lipinski definition) is 2. The topological polar surface area (TPSA) is 55.3 Å². The van der Waals surface area contributed by atoms with E-state index in [0.29, 0.717) is 12.1 Å². The molecule has 0 amide bonds. The minimum absolute atomic E-state index is 0.363. The van der Waals surface area contributed by atoms with Crippen molar-refractivity contribution in [3.05, 3.63) is 35.9 Å². The average molecular weight is 247 g/mol. The second kappa shape index (κ2) is 6.88. The van der Waals surface area contributed by atoms with Crippen molar-refractivity contribution >= 4 is 0 Å². The van der Waals surface area contributed by atoms with Gasteiger partial charge in [0.05, 0.1) is 0 Å². The van der Waals surface area contributed by atoms with Crippen LogP contribution in [0.4, 0.5) is 0 Å². The molecule has 3 heteroatoms. The molecule has 1 aliphatic rings. The maximum Gasteiger partial charge on any atom is 0.0180 e. The van der Waals surface area contributed by atoms with Crippen LogP contribution in [-0.2, 0) is 6.42 Å². The maximum atomic E-state index is 5.99. The van der Waals surface area contributed by atoms with E-state index in [4.69, 9.17) is 11.5 Å². The maximum absolute atomic E-state index is 5.99. The molecule has 2 rings (SSSR count). The van der Waals surface area contributed by atoms with E-state index in [2.05, 4.69) is 35.2 Å². The molecule has 100 valence electrons. The Balaban J connectivity index is 1.86. The van der Waals surface area contributed by atoms with Crippen molar-refractivity contribution < 1.29 is 0 Å². The quantitative estimate of drug-likeness (QED) is 0.798. The molecule has 0 bridgehead atoms. The van der Waals surface area contributed by atoms with Gasteiger partial charge in [0, 0.05) is 25.2 Å². The van der Waals surface area contributed by atoms with Crippen molar-refractivity contribution in [3.63, 3.8) is 0 Å². The van der Waals surface area contributed by atoms with E-state index in [-0.39, 0.29) is 0 Å². The molecule has 0 radical (unpaired) electrons. The highest BCUT2D eigenvalue weighted by molar-refractivity contribution is 5.14. The van der Waals surface area contributed by atoms with Crippen LogP contribution in [0.2, 0.25) is 0 Å². The molecule has 2 unspecified atom stereocenters. The number of aryl methyl sites for hydroxylation is 1. The number of nitrogens with zero attached hydrogens (tertiary/aromatic N) is 1. The third kappa shape index (κ3) is 3.80. The van der Waals surface area contributed by atoms with Crippen LogP contribution in [0.1, 0.15) is 24.8 Å². The van der Waals surface area contributed by atoms with Gasteiger partial charge in [0.25, 0.3) is 0 Å². The van der Waals surface area contributed by atoms with Gasteiger partial charge in [0.1, 0.15) is 0 Å². The van der Waals surface area contributed by atoms with Gasteiger partial charge in [-0.15, -0.1) is 0 Å². The van der Waals surface area contributed by atoms with Crippen LogP contribution in [0.25, 0.3) is 0 Å². The Morgan fingerprint density at radius 2 is 2.00 bits per heavy atom. The molecule has 18 heavy (non-hydrogen) atoms. The molecule has 4 N–H and O–H groups in total. The van der Waals surface area contributed by atoms with Crippen LogP contribution in [0.5, 0.6) is 0 Å². The largest absolute Gasteiger partial charge is 0.330 e. The van der Waals surface area contributed by atoms with E-state index in [1.165, 1.54) is 12.0 Å². The summed E-state index contributed by atoms with van der Waals surface area (Å²) in [6, 6.07) is 11.7. The summed E-state index contributed by atoms with van der Waals surface area (Å²) in [6.45, 7) is 2.95. The lowest BCUT2D eigenvalue weighted by molar-refractivity contribution is 0.218. The molecule has 2 atom stereocenters. The standard InChI is InChI=1S/C15H25N3/c16-10-8-15(18-11-9-14(17)12-18)7-6-13-4-2-1-3-5-13/h1-5,14-15H,6-12,16-17H2. The van der Waals surface area contributed by atoms with Gasteiger partial charge >= 0.3 is 0 Å². The molecular formula is C15H25N3. The van der Waals surface area contributed by atoms with Gasteiger partial charge in [-0.1, -0.05) is 30.3 Å². The summed E-state index contributed by atoms with van der Waals surface area (Å²) in [7, 11) is 0. The van der Waals surface area contributed by atoms with E-state index < -0.39 is 0 Å². The Bertz CT molecular complexity index is 339. The van der Waals surface area contributed by atoms with Crippen molar-refractivity contribution in [1.29, 1.82) is 0 Å². The van der Waals surface area contributed by atoms with E-state index in [0.717, 1.165) is 38.9 Å². The highest BCUT2D eigenvalue weighted by Gasteiger charge is 2.25. The van der Waals surface area contributed by atoms with Gasteiger partial charge in [0.15, 0.2) is 0 Å². The summed E-state index contributed by atoms with van der Waals surface area (Å²) < 4.78 is 0. The normalized spacial score (nSPS) is 22.2. The number of likely N-dealkylation sites (tertiary alicyclic amines) is 1. The van der Waals surface area contributed by atoms with Crippen molar-refractivity contribution in [3.8, 4) is 0 Å². The van der Waals surface area contributed by atoms with Crippen molar-refractivity contribution in [2.24, 2.45) is 11.5 Å². The molecule has 0 aromatic heterocycles. The van der Waals surface area contributed by atoms with E-state index in [1.807, 2.05) is 0 Å². The van der Waals surface area contributed by atoms with Crippen LogP contribution in [0.15, 0.2) is 30.3 Å². The third-order valence-electron chi connectivity index (χ3n) is 3.88. The molecule has 3 nitrogen and oxygen atoms in total. The first kappa shape index (κ1) is 13.5. The highest BCUT2D eigenvalue weighted by atomic mass is 15.2. The first-order valence-electron chi connectivity index (χ1n) is 7.03. The summed E-state index contributed by atoms with van der Waals surface area (Å²) in [4.78, 5) is 2.53. The summed E-state index contributed by atoms with van der Waals surface area (Å²) in [5, 5.41) is 0. The zero-order chi connectivity index (χ0) is 12.8. The molecule has 1 fully saturated rings. The summed E-state index contributed by atoms with van der Waals surface area (Å²) >= 11 is 0.